The number of rotatable bonds is 8. The highest BCUT2D eigenvalue weighted by Gasteiger charge is 2.52. The average Bonchev–Trinajstić information content (AvgIpc) is 2.94. The zero-order valence-electron chi connectivity index (χ0n) is 23.1. The van der Waals surface area contributed by atoms with Gasteiger partial charge in [0.1, 0.15) is 17.1 Å². The predicted octanol–water partition coefficient (Wildman–Crippen LogP) is 4.36. The van der Waals surface area contributed by atoms with Crippen molar-refractivity contribution in [3.8, 4) is 11.5 Å². The standard InChI is InChI=1S/C29H35NO9/c1-28(2,3)39-27(34)30-17-15-29(16-18-30,25(32)37-6)26(33)38-24(20-9-13-22(36-5)14-10-20)23(31)19-7-11-21(35-4)12-8-19/h7-14,24H,15-18H2,1-6H3. The lowest BCUT2D eigenvalue weighted by Gasteiger charge is -2.38. The number of carbonyl (C=O) groups is 4. The molecule has 1 aliphatic heterocycles. The largest absolute Gasteiger partial charge is 0.497 e. The topological polar surface area (TPSA) is 118 Å². The summed E-state index contributed by atoms with van der Waals surface area (Å²) in [6.07, 6.45) is -1.99. The number of piperidine rings is 1. The fraction of sp³-hybridized carbons (Fsp3) is 0.448. The van der Waals surface area contributed by atoms with Crippen LogP contribution in [0.2, 0.25) is 0 Å². The summed E-state index contributed by atoms with van der Waals surface area (Å²) in [6, 6.07) is 12.9. The van der Waals surface area contributed by atoms with Gasteiger partial charge in [0.2, 0.25) is 5.78 Å². The molecule has 0 aliphatic carbocycles. The lowest BCUT2D eigenvalue weighted by atomic mass is 9.78. The van der Waals surface area contributed by atoms with Gasteiger partial charge in [-0.05, 0) is 70.0 Å². The van der Waals surface area contributed by atoms with Crippen LogP contribution in [0.1, 0.15) is 55.6 Å². The molecule has 0 aromatic heterocycles. The number of carbonyl (C=O) groups excluding carboxylic acids is 4. The zero-order chi connectivity index (χ0) is 28.8. The van der Waals surface area contributed by atoms with Gasteiger partial charge in [-0.25, -0.2) is 4.79 Å². The highest BCUT2D eigenvalue weighted by Crippen LogP contribution is 2.37. The SMILES string of the molecule is COC(=O)C1(C(=O)OC(C(=O)c2ccc(OC)cc2)c2ccc(OC)cc2)CCN(C(=O)OC(C)(C)C)CC1. The van der Waals surface area contributed by atoms with E-state index in [-0.39, 0.29) is 31.5 Å². The molecule has 10 nitrogen and oxygen atoms in total. The van der Waals surface area contributed by atoms with Crippen LogP contribution in [-0.4, -0.2) is 68.7 Å². The Morgan fingerprint density at radius 2 is 1.31 bits per heavy atom. The number of likely N-dealkylation sites (tertiary alicyclic amines) is 1. The van der Waals surface area contributed by atoms with Crippen molar-refractivity contribution >= 4 is 23.8 Å². The quantitative estimate of drug-likeness (QED) is 0.208. The molecule has 2 aromatic rings. The number of esters is 2. The first-order valence-electron chi connectivity index (χ1n) is 12.5. The summed E-state index contributed by atoms with van der Waals surface area (Å²) in [7, 11) is 4.21. The predicted molar refractivity (Wildman–Crippen MR) is 141 cm³/mol. The first-order chi connectivity index (χ1) is 18.4. The highest BCUT2D eigenvalue weighted by molar-refractivity contribution is 6.04. The van der Waals surface area contributed by atoms with E-state index in [0.29, 0.717) is 17.1 Å². The minimum Gasteiger partial charge on any atom is -0.497 e. The normalized spacial score (nSPS) is 15.5. The maximum Gasteiger partial charge on any atom is 0.410 e. The van der Waals surface area contributed by atoms with Crippen LogP contribution in [-0.2, 0) is 23.8 Å². The molecule has 1 unspecified atom stereocenters. The fourth-order valence-corrected chi connectivity index (χ4v) is 4.26. The van der Waals surface area contributed by atoms with Gasteiger partial charge >= 0.3 is 18.0 Å². The molecular weight excluding hydrogens is 506 g/mol. The second kappa shape index (κ2) is 12.2. The smallest absolute Gasteiger partial charge is 0.410 e. The minimum atomic E-state index is -1.70. The van der Waals surface area contributed by atoms with E-state index in [2.05, 4.69) is 0 Å². The number of nitrogens with zero attached hydrogens (tertiary/aromatic N) is 1. The van der Waals surface area contributed by atoms with Crippen LogP contribution in [0.4, 0.5) is 4.79 Å². The molecule has 0 bridgehead atoms. The molecule has 0 spiro atoms. The summed E-state index contributed by atoms with van der Waals surface area (Å²) in [5.41, 5.74) is -1.70. The van der Waals surface area contributed by atoms with Gasteiger partial charge in [-0.2, -0.15) is 0 Å². The van der Waals surface area contributed by atoms with E-state index in [0.717, 1.165) is 0 Å². The minimum absolute atomic E-state index is 0.0518. The van der Waals surface area contributed by atoms with Gasteiger partial charge in [0.05, 0.1) is 21.3 Å². The van der Waals surface area contributed by atoms with Crippen molar-refractivity contribution in [3.05, 3.63) is 59.7 Å². The summed E-state index contributed by atoms with van der Waals surface area (Å²) in [5, 5.41) is 0. The third kappa shape index (κ3) is 6.87. The molecule has 2 aromatic carbocycles. The summed E-state index contributed by atoms with van der Waals surface area (Å²) < 4.78 is 26.6. The van der Waals surface area contributed by atoms with E-state index in [1.165, 1.54) is 26.2 Å². The molecule has 210 valence electrons. The Bertz CT molecular complexity index is 1170. The van der Waals surface area contributed by atoms with Crippen LogP contribution in [0.5, 0.6) is 11.5 Å². The molecule has 10 heteroatoms. The van der Waals surface area contributed by atoms with Crippen molar-refractivity contribution in [2.45, 2.75) is 45.3 Å². The first kappa shape index (κ1) is 29.5. The van der Waals surface area contributed by atoms with Crippen LogP contribution >= 0.6 is 0 Å². The van der Waals surface area contributed by atoms with Crippen molar-refractivity contribution < 1.29 is 42.9 Å². The Labute approximate surface area is 228 Å². The van der Waals surface area contributed by atoms with Gasteiger partial charge in [-0.1, -0.05) is 12.1 Å². The molecule has 1 fully saturated rings. The Kier molecular flexibility index (Phi) is 9.21. The summed E-state index contributed by atoms with van der Waals surface area (Å²) in [5.74, 6) is -1.06. The number of amides is 1. The van der Waals surface area contributed by atoms with Crippen molar-refractivity contribution in [3.63, 3.8) is 0 Å². The molecule has 1 amide bonds. The lowest BCUT2D eigenvalue weighted by Crippen LogP contribution is -2.52. The van der Waals surface area contributed by atoms with Gasteiger partial charge in [0.25, 0.3) is 0 Å². The number of ketones is 1. The Morgan fingerprint density at radius 3 is 1.77 bits per heavy atom. The van der Waals surface area contributed by atoms with Crippen LogP contribution in [0.15, 0.2) is 48.5 Å². The van der Waals surface area contributed by atoms with E-state index in [1.807, 2.05) is 0 Å². The molecule has 0 radical (unpaired) electrons. The van der Waals surface area contributed by atoms with E-state index >= 15 is 0 Å². The summed E-state index contributed by atoms with van der Waals surface area (Å²) in [6.45, 7) is 5.40. The third-order valence-electron chi connectivity index (χ3n) is 6.49. The van der Waals surface area contributed by atoms with Crippen molar-refractivity contribution in [2.24, 2.45) is 5.41 Å². The maximum atomic E-state index is 13.7. The Balaban J connectivity index is 1.90. The van der Waals surface area contributed by atoms with E-state index in [9.17, 15) is 19.2 Å². The summed E-state index contributed by atoms with van der Waals surface area (Å²) >= 11 is 0. The van der Waals surface area contributed by atoms with Crippen molar-refractivity contribution in [1.82, 2.24) is 4.90 Å². The Morgan fingerprint density at radius 1 is 0.795 bits per heavy atom. The van der Waals surface area contributed by atoms with Gasteiger partial charge in [-0.3, -0.25) is 14.4 Å². The first-order valence-corrected chi connectivity index (χ1v) is 12.5. The number of Topliss-reactive ketones (excluding diaryl/α,β-unsaturated/α-hetero) is 1. The van der Waals surface area contributed by atoms with Crippen LogP contribution < -0.4 is 9.47 Å². The second-order valence-electron chi connectivity index (χ2n) is 10.2. The van der Waals surface area contributed by atoms with Crippen LogP contribution in [0.3, 0.4) is 0 Å². The fourth-order valence-electron chi connectivity index (χ4n) is 4.26. The van der Waals surface area contributed by atoms with E-state index in [1.54, 1.807) is 69.3 Å². The van der Waals surface area contributed by atoms with Crippen LogP contribution in [0, 0.1) is 5.41 Å². The van der Waals surface area contributed by atoms with Gasteiger partial charge in [0, 0.05) is 24.2 Å². The van der Waals surface area contributed by atoms with Crippen molar-refractivity contribution in [2.75, 3.05) is 34.4 Å². The van der Waals surface area contributed by atoms with E-state index < -0.39 is 40.9 Å². The third-order valence-corrected chi connectivity index (χ3v) is 6.49. The lowest BCUT2D eigenvalue weighted by molar-refractivity contribution is -0.177. The molecular formula is C29H35NO9. The van der Waals surface area contributed by atoms with Crippen LogP contribution in [0.25, 0.3) is 0 Å². The zero-order valence-corrected chi connectivity index (χ0v) is 23.1. The Hall–Kier alpha value is -4.08. The van der Waals surface area contributed by atoms with Crippen molar-refractivity contribution in [1.29, 1.82) is 0 Å². The van der Waals surface area contributed by atoms with Gasteiger partial charge < -0.3 is 28.6 Å². The number of hydrogen-bond acceptors (Lipinski definition) is 9. The molecule has 39 heavy (non-hydrogen) atoms. The number of ether oxygens (including phenoxy) is 5. The monoisotopic (exact) mass is 541 g/mol. The van der Waals surface area contributed by atoms with E-state index in [4.69, 9.17) is 23.7 Å². The molecule has 1 saturated heterocycles. The van der Waals surface area contributed by atoms with Gasteiger partial charge in [0.15, 0.2) is 11.5 Å². The maximum absolute atomic E-state index is 13.7. The highest BCUT2D eigenvalue weighted by atomic mass is 16.6. The molecule has 3 rings (SSSR count). The number of methoxy groups -OCH3 is 3. The number of hydrogen-bond donors (Lipinski definition) is 0. The number of benzene rings is 2. The molecule has 0 N–H and O–H groups in total. The average molecular weight is 542 g/mol. The molecule has 1 heterocycles. The summed E-state index contributed by atoms with van der Waals surface area (Å²) in [4.78, 5) is 54.3. The second-order valence-corrected chi connectivity index (χ2v) is 10.2. The molecule has 1 aliphatic rings. The molecule has 1 atom stereocenters. The van der Waals surface area contributed by atoms with Gasteiger partial charge in [-0.15, -0.1) is 0 Å². The molecule has 0 saturated carbocycles.